The van der Waals surface area contributed by atoms with Crippen LogP contribution in [0.3, 0.4) is 0 Å². The van der Waals surface area contributed by atoms with Crippen molar-refractivity contribution in [1.29, 1.82) is 0 Å². The third-order valence-corrected chi connectivity index (χ3v) is 5.09. The minimum Gasteiger partial charge on any atom is -0.347 e. The van der Waals surface area contributed by atoms with E-state index in [4.69, 9.17) is 0 Å². The van der Waals surface area contributed by atoms with Gasteiger partial charge in [-0.25, -0.2) is 0 Å². The van der Waals surface area contributed by atoms with Crippen molar-refractivity contribution in [3.63, 3.8) is 0 Å². The van der Waals surface area contributed by atoms with Crippen LogP contribution in [-0.2, 0) is 9.59 Å². The Labute approximate surface area is 149 Å². The zero-order chi connectivity index (χ0) is 17.5. The highest BCUT2D eigenvalue weighted by atomic mass is 16.2. The van der Waals surface area contributed by atoms with Crippen molar-refractivity contribution in [2.24, 2.45) is 5.92 Å². The van der Waals surface area contributed by atoms with Gasteiger partial charge in [-0.1, -0.05) is 48.9 Å². The van der Waals surface area contributed by atoms with Crippen LogP contribution in [0.2, 0.25) is 0 Å². The van der Waals surface area contributed by atoms with Gasteiger partial charge in [0.15, 0.2) is 0 Å². The Morgan fingerprint density at radius 1 is 1.08 bits per heavy atom. The Hall–Kier alpha value is -2.14. The quantitative estimate of drug-likeness (QED) is 0.858. The first-order valence-corrected chi connectivity index (χ1v) is 9.22. The van der Waals surface area contributed by atoms with Gasteiger partial charge in [-0.05, 0) is 18.4 Å². The van der Waals surface area contributed by atoms with Crippen LogP contribution in [0.25, 0.3) is 6.08 Å². The highest BCUT2D eigenvalue weighted by molar-refractivity contribution is 5.86. The number of amides is 2. The van der Waals surface area contributed by atoms with Gasteiger partial charge in [-0.2, -0.15) is 0 Å². The van der Waals surface area contributed by atoms with Crippen molar-refractivity contribution in [3.8, 4) is 0 Å². The maximum atomic E-state index is 12.2. The molecule has 2 fully saturated rings. The summed E-state index contributed by atoms with van der Waals surface area (Å²) < 4.78 is 0. The molecule has 5 heteroatoms. The zero-order valence-electron chi connectivity index (χ0n) is 14.7. The van der Waals surface area contributed by atoms with Gasteiger partial charge in [-0.15, -0.1) is 0 Å². The molecule has 0 bridgehead atoms. The van der Waals surface area contributed by atoms with Gasteiger partial charge < -0.3 is 10.2 Å². The molecule has 25 heavy (non-hydrogen) atoms. The molecular weight excluding hydrogens is 314 g/mol. The van der Waals surface area contributed by atoms with Crippen molar-refractivity contribution in [1.82, 2.24) is 15.1 Å². The van der Waals surface area contributed by atoms with Gasteiger partial charge in [-0.3, -0.25) is 14.5 Å². The lowest BCUT2D eigenvalue weighted by Crippen LogP contribution is -2.51. The van der Waals surface area contributed by atoms with E-state index in [1.54, 1.807) is 0 Å². The van der Waals surface area contributed by atoms with E-state index in [2.05, 4.69) is 34.5 Å². The predicted octanol–water partition coefficient (Wildman–Crippen LogP) is 1.76. The number of carbonyl (C=O) groups is 2. The average molecular weight is 341 g/mol. The molecule has 1 N–H and O–H groups in total. The Kier molecular flexibility index (Phi) is 6.23. The van der Waals surface area contributed by atoms with Gasteiger partial charge in [0.1, 0.15) is 0 Å². The maximum absolute atomic E-state index is 12.2. The first-order valence-electron chi connectivity index (χ1n) is 9.22. The molecule has 1 aliphatic carbocycles. The summed E-state index contributed by atoms with van der Waals surface area (Å²) in [6, 6.07) is 10.3. The summed E-state index contributed by atoms with van der Waals surface area (Å²) in [6.07, 6.45) is 7.37. The van der Waals surface area contributed by atoms with E-state index < -0.39 is 0 Å². The molecule has 0 aromatic heterocycles. The second kappa shape index (κ2) is 8.81. The van der Waals surface area contributed by atoms with Crippen molar-refractivity contribution >= 4 is 17.9 Å². The molecule has 0 unspecified atom stereocenters. The first kappa shape index (κ1) is 17.7. The van der Waals surface area contributed by atoms with Crippen LogP contribution in [0.1, 0.15) is 24.8 Å². The van der Waals surface area contributed by atoms with E-state index in [0.717, 1.165) is 52.0 Å². The molecule has 3 rings (SSSR count). The van der Waals surface area contributed by atoms with E-state index in [0.29, 0.717) is 0 Å². The van der Waals surface area contributed by atoms with Crippen LogP contribution in [0.4, 0.5) is 0 Å². The maximum Gasteiger partial charge on any atom is 0.242 e. The number of nitrogens with zero attached hydrogens (tertiary/aromatic N) is 2. The van der Waals surface area contributed by atoms with Crippen LogP contribution >= 0.6 is 0 Å². The highest BCUT2D eigenvalue weighted by Gasteiger charge is 2.26. The van der Waals surface area contributed by atoms with Crippen molar-refractivity contribution in [2.45, 2.75) is 19.3 Å². The van der Waals surface area contributed by atoms with Crippen LogP contribution in [-0.4, -0.2) is 60.9 Å². The van der Waals surface area contributed by atoms with Crippen molar-refractivity contribution < 1.29 is 9.59 Å². The lowest BCUT2D eigenvalue weighted by atomic mass is 9.85. The third kappa shape index (κ3) is 5.16. The highest BCUT2D eigenvalue weighted by Crippen LogP contribution is 2.26. The van der Waals surface area contributed by atoms with Crippen LogP contribution in [0.15, 0.2) is 36.4 Å². The number of rotatable bonds is 6. The number of nitrogens with one attached hydrogen (secondary N) is 1. The largest absolute Gasteiger partial charge is 0.347 e. The molecule has 1 aromatic carbocycles. The molecule has 2 amide bonds. The van der Waals surface area contributed by atoms with Gasteiger partial charge >= 0.3 is 0 Å². The second-order valence-corrected chi connectivity index (χ2v) is 6.84. The standard InChI is InChI=1S/C20H27N3O2/c24-19(16-21-20(25)18-9-4-10-18)23-14-12-22(13-15-23)11-5-8-17-6-2-1-3-7-17/h1-3,5-8,18H,4,9-16H2,(H,21,25)/b8-5+. The minimum atomic E-state index is 0.0344. The van der Waals surface area contributed by atoms with Crippen LogP contribution in [0, 0.1) is 5.92 Å². The Balaban J connectivity index is 1.34. The minimum absolute atomic E-state index is 0.0344. The molecule has 1 saturated carbocycles. The summed E-state index contributed by atoms with van der Waals surface area (Å²) in [5.74, 6) is 0.220. The molecule has 0 spiro atoms. The topological polar surface area (TPSA) is 52.7 Å². The summed E-state index contributed by atoms with van der Waals surface area (Å²) in [5.41, 5.74) is 1.21. The third-order valence-electron chi connectivity index (χ3n) is 5.09. The van der Waals surface area contributed by atoms with Gasteiger partial charge in [0, 0.05) is 38.6 Å². The van der Waals surface area contributed by atoms with Crippen LogP contribution in [0.5, 0.6) is 0 Å². The summed E-state index contributed by atoms with van der Waals surface area (Å²) in [4.78, 5) is 28.2. The van der Waals surface area contributed by atoms with Gasteiger partial charge in [0.2, 0.25) is 11.8 Å². The SMILES string of the molecule is O=C(NCC(=O)N1CCN(C/C=C/c2ccccc2)CC1)C1CCC1. The molecule has 0 radical (unpaired) electrons. The summed E-state index contributed by atoms with van der Waals surface area (Å²) in [6.45, 7) is 4.26. The lowest BCUT2D eigenvalue weighted by Gasteiger charge is -2.34. The van der Waals surface area contributed by atoms with E-state index >= 15 is 0 Å². The molecule has 5 nitrogen and oxygen atoms in total. The van der Waals surface area contributed by atoms with Crippen molar-refractivity contribution in [3.05, 3.63) is 42.0 Å². The molecule has 1 heterocycles. The fourth-order valence-electron chi connectivity index (χ4n) is 3.17. The van der Waals surface area contributed by atoms with Crippen LogP contribution < -0.4 is 5.32 Å². The fourth-order valence-corrected chi connectivity index (χ4v) is 3.17. The van der Waals surface area contributed by atoms with Crippen molar-refractivity contribution in [2.75, 3.05) is 39.3 Å². The van der Waals surface area contributed by atoms with Gasteiger partial charge in [0.05, 0.1) is 6.54 Å². The number of benzene rings is 1. The Morgan fingerprint density at radius 2 is 1.80 bits per heavy atom. The first-order chi connectivity index (χ1) is 12.2. The van der Waals surface area contributed by atoms with E-state index in [1.165, 1.54) is 5.56 Å². The summed E-state index contributed by atoms with van der Waals surface area (Å²) >= 11 is 0. The van der Waals surface area contributed by atoms with Gasteiger partial charge in [0.25, 0.3) is 0 Å². The Morgan fingerprint density at radius 3 is 2.44 bits per heavy atom. The van der Waals surface area contributed by atoms with E-state index in [-0.39, 0.29) is 24.3 Å². The number of hydrogen-bond acceptors (Lipinski definition) is 3. The monoisotopic (exact) mass is 341 g/mol. The normalized spacial score (nSPS) is 19.0. The smallest absolute Gasteiger partial charge is 0.242 e. The predicted molar refractivity (Wildman–Crippen MR) is 98.8 cm³/mol. The second-order valence-electron chi connectivity index (χ2n) is 6.84. The number of hydrogen-bond donors (Lipinski definition) is 1. The molecule has 1 saturated heterocycles. The molecule has 134 valence electrons. The molecule has 2 aliphatic rings. The number of piperazine rings is 1. The zero-order valence-corrected chi connectivity index (χ0v) is 14.7. The summed E-state index contributed by atoms with van der Waals surface area (Å²) in [5, 5.41) is 2.79. The molecule has 1 aromatic rings. The number of carbonyl (C=O) groups excluding carboxylic acids is 2. The van der Waals surface area contributed by atoms with E-state index in [9.17, 15) is 9.59 Å². The lowest BCUT2D eigenvalue weighted by molar-refractivity contribution is -0.135. The molecule has 1 aliphatic heterocycles. The molecular formula is C20H27N3O2. The van der Waals surface area contributed by atoms with E-state index in [1.807, 2.05) is 23.1 Å². The fraction of sp³-hybridized carbons (Fsp3) is 0.500. The average Bonchev–Trinajstić information content (AvgIpc) is 2.60. The molecule has 0 atom stereocenters. The Bertz CT molecular complexity index is 603. The summed E-state index contributed by atoms with van der Waals surface area (Å²) in [7, 11) is 0.